The van der Waals surface area contributed by atoms with Crippen LogP contribution in [-0.4, -0.2) is 43.5 Å². The van der Waals surface area contributed by atoms with Gasteiger partial charge in [-0.25, -0.2) is 0 Å². The van der Waals surface area contributed by atoms with Gasteiger partial charge in [-0.05, 0) is 30.4 Å². The molecule has 1 aliphatic carbocycles. The van der Waals surface area contributed by atoms with Crippen molar-refractivity contribution in [1.29, 1.82) is 0 Å². The first-order valence-corrected chi connectivity index (χ1v) is 7.50. The number of fused-ring (bicyclic) bond motifs is 1. The number of hydrogen-bond acceptors (Lipinski definition) is 2. The number of benzene rings is 1. The molecule has 0 heterocycles. The molecule has 1 aromatic carbocycles. The van der Waals surface area contributed by atoms with Crippen LogP contribution in [0, 0.1) is 5.92 Å². The molecule has 2 unspecified atom stereocenters. The van der Waals surface area contributed by atoms with Crippen molar-refractivity contribution in [2.45, 2.75) is 24.6 Å². The van der Waals surface area contributed by atoms with Crippen LogP contribution in [0.25, 0.3) is 0 Å². The molecule has 0 N–H and O–H groups in total. The highest BCUT2D eigenvalue weighted by atomic mass is 35.5. The minimum absolute atomic E-state index is 0.0845. The number of methoxy groups -OCH3 is 1. The van der Waals surface area contributed by atoms with Crippen molar-refractivity contribution in [1.82, 2.24) is 4.90 Å². The fourth-order valence-electron chi connectivity index (χ4n) is 2.84. The third kappa shape index (κ3) is 3.74. The summed E-state index contributed by atoms with van der Waals surface area (Å²) in [6.07, 6.45) is 2.76. The van der Waals surface area contributed by atoms with Crippen molar-refractivity contribution in [2.75, 3.05) is 27.3 Å². The lowest BCUT2D eigenvalue weighted by molar-refractivity contribution is -0.134. The van der Waals surface area contributed by atoms with Crippen LogP contribution in [0.3, 0.4) is 0 Å². The number of ether oxygens (including phenoxy) is 1. The zero-order valence-corrected chi connectivity index (χ0v) is 12.9. The lowest BCUT2D eigenvalue weighted by Gasteiger charge is -2.29. The topological polar surface area (TPSA) is 29.5 Å². The molecule has 1 aliphatic rings. The van der Waals surface area contributed by atoms with E-state index in [-0.39, 0.29) is 17.2 Å². The van der Waals surface area contributed by atoms with Crippen LogP contribution in [-0.2, 0) is 22.4 Å². The first-order chi connectivity index (χ1) is 9.61. The van der Waals surface area contributed by atoms with Crippen LogP contribution in [0.15, 0.2) is 24.3 Å². The summed E-state index contributed by atoms with van der Waals surface area (Å²) < 4.78 is 5.01. The molecule has 20 heavy (non-hydrogen) atoms. The van der Waals surface area contributed by atoms with Gasteiger partial charge in [0.1, 0.15) is 0 Å². The molecule has 1 amide bonds. The lowest BCUT2D eigenvalue weighted by atomic mass is 9.83. The summed E-state index contributed by atoms with van der Waals surface area (Å²) >= 11 is 6.12. The molecule has 1 aromatic rings. The van der Waals surface area contributed by atoms with Crippen molar-refractivity contribution < 1.29 is 9.53 Å². The van der Waals surface area contributed by atoms with E-state index < -0.39 is 0 Å². The Morgan fingerprint density at radius 1 is 1.45 bits per heavy atom. The lowest BCUT2D eigenvalue weighted by Crippen LogP contribution is -2.39. The Morgan fingerprint density at radius 2 is 2.15 bits per heavy atom. The number of carbonyl (C=O) groups excluding carboxylic acids is 1. The Bertz CT molecular complexity index is 464. The number of aryl methyl sites for hydroxylation is 1. The zero-order chi connectivity index (χ0) is 14.5. The predicted molar refractivity (Wildman–Crippen MR) is 81.1 cm³/mol. The number of halogens is 1. The first-order valence-electron chi connectivity index (χ1n) is 7.06. The third-order valence-electron chi connectivity index (χ3n) is 3.89. The van der Waals surface area contributed by atoms with Gasteiger partial charge in [0.2, 0.25) is 5.91 Å². The van der Waals surface area contributed by atoms with E-state index in [0.29, 0.717) is 13.2 Å². The van der Waals surface area contributed by atoms with E-state index in [1.54, 1.807) is 12.0 Å². The van der Waals surface area contributed by atoms with Gasteiger partial charge in [-0.1, -0.05) is 24.3 Å². The summed E-state index contributed by atoms with van der Waals surface area (Å²) in [7, 11) is 3.45. The number of alkyl halides is 1. The summed E-state index contributed by atoms with van der Waals surface area (Å²) in [6.45, 7) is 0.999. The van der Waals surface area contributed by atoms with E-state index in [1.807, 2.05) is 13.1 Å². The molecule has 0 radical (unpaired) electrons. The minimum atomic E-state index is -0.148. The second-order valence-corrected chi connectivity index (χ2v) is 6.10. The molecular formula is C16H22ClNO2. The molecule has 0 aliphatic heterocycles. The van der Waals surface area contributed by atoms with E-state index in [9.17, 15) is 4.79 Å². The standard InChI is InChI=1S/C16H22ClNO2/c1-18(10-15(17)11-20-2)16(19)14-8-7-12-5-3-4-6-13(12)9-14/h3-6,14-15H,7-11H2,1-2H3. The van der Waals surface area contributed by atoms with Gasteiger partial charge < -0.3 is 9.64 Å². The molecule has 2 rings (SSSR count). The van der Waals surface area contributed by atoms with Gasteiger partial charge >= 0.3 is 0 Å². The van der Waals surface area contributed by atoms with Gasteiger partial charge in [0.25, 0.3) is 0 Å². The molecule has 0 bridgehead atoms. The van der Waals surface area contributed by atoms with Gasteiger partial charge in [0, 0.05) is 26.6 Å². The highest BCUT2D eigenvalue weighted by Gasteiger charge is 2.27. The predicted octanol–water partition coefficient (Wildman–Crippen LogP) is 2.50. The highest BCUT2D eigenvalue weighted by Crippen LogP contribution is 2.26. The Balaban J connectivity index is 1.94. The number of carbonyl (C=O) groups is 1. The van der Waals surface area contributed by atoms with Crippen LogP contribution >= 0.6 is 11.6 Å². The van der Waals surface area contributed by atoms with E-state index in [2.05, 4.69) is 18.2 Å². The van der Waals surface area contributed by atoms with Crippen molar-refractivity contribution in [3.8, 4) is 0 Å². The summed E-state index contributed by atoms with van der Waals surface area (Å²) in [5, 5.41) is -0.148. The summed E-state index contributed by atoms with van der Waals surface area (Å²) in [6, 6.07) is 8.40. The monoisotopic (exact) mass is 295 g/mol. The van der Waals surface area contributed by atoms with Crippen molar-refractivity contribution in [3.63, 3.8) is 0 Å². The Kier molecular flexibility index (Phi) is 5.44. The first kappa shape index (κ1) is 15.3. The van der Waals surface area contributed by atoms with E-state index in [1.165, 1.54) is 11.1 Å². The number of rotatable bonds is 5. The van der Waals surface area contributed by atoms with Crippen LogP contribution in [0.2, 0.25) is 0 Å². The van der Waals surface area contributed by atoms with Gasteiger partial charge in [0.15, 0.2) is 0 Å². The summed E-state index contributed by atoms with van der Waals surface area (Å²) in [5.74, 6) is 0.280. The van der Waals surface area contributed by atoms with E-state index in [0.717, 1.165) is 19.3 Å². The van der Waals surface area contributed by atoms with E-state index >= 15 is 0 Å². The van der Waals surface area contributed by atoms with Crippen molar-refractivity contribution in [2.24, 2.45) is 5.92 Å². The SMILES string of the molecule is COCC(Cl)CN(C)C(=O)C1CCc2ccccc2C1. The fourth-order valence-corrected chi connectivity index (χ4v) is 3.17. The maximum atomic E-state index is 12.5. The van der Waals surface area contributed by atoms with Gasteiger partial charge in [0.05, 0.1) is 12.0 Å². The highest BCUT2D eigenvalue weighted by molar-refractivity contribution is 6.21. The van der Waals surface area contributed by atoms with Gasteiger partial charge in [-0.3, -0.25) is 4.79 Å². The average molecular weight is 296 g/mol. The second-order valence-electron chi connectivity index (χ2n) is 5.48. The van der Waals surface area contributed by atoms with Crippen LogP contribution in [0.4, 0.5) is 0 Å². The maximum Gasteiger partial charge on any atom is 0.225 e. The molecule has 0 saturated heterocycles. The summed E-state index contributed by atoms with van der Waals surface area (Å²) in [5.41, 5.74) is 2.69. The van der Waals surface area contributed by atoms with Crippen LogP contribution < -0.4 is 0 Å². The smallest absolute Gasteiger partial charge is 0.225 e. The quantitative estimate of drug-likeness (QED) is 0.781. The molecule has 3 nitrogen and oxygen atoms in total. The summed E-state index contributed by atoms with van der Waals surface area (Å²) in [4.78, 5) is 14.2. The maximum absolute atomic E-state index is 12.5. The van der Waals surface area contributed by atoms with E-state index in [4.69, 9.17) is 16.3 Å². The molecule has 2 atom stereocenters. The third-order valence-corrected chi connectivity index (χ3v) is 4.16. The number of amides is 1. The number of nitrogens with zero attached hydrogens (tertiary/aromatic N) is 1. The molecule has 110 valence electrons. The molecule has 0 aromatic heterocycles. The van der Waals surface area contributed by atoms with Gasteiger partial charge in [-0.2, -0.15) is 0 Å². The van der Waals surface area contributed by atoms with Crippen molar-refractivity contribution >= 4 is 17.5 Å². The van der Waals surface area contributed by atoms with Crippen LogP contribution in [0.1, 0.15) is 17.5 Å². The Labute approximate surface area is 125 Å². The normalized spacial score (nSPS) is 19.2. The molecule has 4 heteroatoms. The average Bonchev–Trinajstić information content (AvgIpc) is 2.46. The zero-order valence-electron chi connectivity index (χ0n) is 12.1. The molecule has 0 fully saturated rings. The Hall–Kier alpha value is -1.06. The molecule has 0 spiro atoms. The van der Waals surface area contributed by atoms with Gasteiger partial charge in [-0.15, -0.1) is 11.6 Å². The largest absolute Gasteiger partial charge is 0.383 e. The van der Waals surface area contributed by atoms with Crippen LogP contribution in [0.5, 0.6) is 0 Å². The second kappa shape index (κ2) is 7.09. The fraction of sp³-hybridized carbons (Fsp3) is 0.562. The van der Waals surface area contributed by atoms with Crippen molar-refractivity contribution in [3.05, 3.63) is 35.4 Å². The Morgan fingerprint density at radius 3 is 2.85 bits per heavy atom. The molecular weight excluding hydrogens is 274 g/mol. The number of hydrogen-bond donors (Lipinski definition) is 0. The molecule has 0 saturated carbocycles. The minimum Gasteiger partial charge on any atom is -0.383 e.